The molecule has 0 aromatic rings. The summed E-state index contributed by atoms with van der Waals surface area (Å²) in [6, 6.07) is 0.568. The lowest BCUT2D eigenvalue weighted by Gasteiger charge is -2.37. The predicted octanol–water partition coefficient (Wildman–Crippen LogP) is 1.53. The van der Waals surface area contributed by atoms with E-state index in [1.807, 2.05) is 6.92 Å². The number of nitrogens with zero attached hydrogens (tertiary/aromatic N) is 2. The van der Waals surface area contributed by atoms with Crippen LogP contribution in [0, 0.1) is 0 Å². The summed E-state index contributed by atoms with van der Waals surface area (Å²) in [5, 5.41) is 0. The second kappa shape index (κ2) is 6.71. The first-order valence-electron chi connectivity index (χ1n) is 6.77. The third-order valence-corrected chi connectivity index (χ3v) is 5.68. The van der Waals surface area contributed by atoms with Crippen LogP contribution in [0.3, 0.4) is 0 Å². The van der Waals surface area contributed by atoms with E-state index in [2.05, 4.69) is 18.7 Å². The fourth-order valence-corrected chi connectivity index (χ4v) is 4.15. The van der Waals surface area contributed by atoms with Gasteiger partial charge in [-0.05, 0) is 32.4 Å². The monoisotopic (exact) mass is 262 g/mol. The Balaban J connectivity index is 2.51. The second-order valence-electron chi connectivity index (χ2n) is 4.67. The van der Waals surface area contributed by atoms with Gasteiger partial charge in [-0.3, -0.25) is 0 Å². The van der Waals surface area contributed by atoms with Crippen molar-refractivity contribution < 1.29 is 8.42 Å². The van der Waals surface area contributed by atoms with Crippen molar-refractivity contribution in [2.24, 2.45) is 0 Å². The fourth-order valence-electron chi connectivity index (χ4n) is 2.61. The van der Waals surface area contributed by atoms with Gasteiger partial charge in [0.15, 0.2) is 0 Å². The third kappa shape index (κ3) is 3.93. The minimum atomic E-state index is -2.98. The molecule has 0 spiro atoms. The Morgan fingerprint density at radius 1 is 1.12 bits per heavy atom. The molecule has 1 aliphatic heterocycles. The highest BCUT2D eigenvalue weighted by atomic mass is 32.2. The van der Waals surface area contributed by atoms with Gasteiger partial charge in [-0.25, -0.2) is 12.7 Å². The quantitative estimate of drug-likeness (QED) is 0.729. The Hall–Kier alpha value is -0.130. The summed E-state index contributed by atoms with van der Waals surface area (Å²) in [6.07, 6.45) is 2.66. The van der Waals surface area contributed by atoms with Gasteiger partial charge < -0.3 is 4.90 Å². The number of piperidine rings is 1. The molecule has 0 aliphatic carbocycles. The van der Waals surface area contributed by atoms with Crippen molar-refractivity contribution in [3.8, 4) is 0 Å². The fraction of sp³-hybridized carbons (Fsp3) is 1.00. The molecule has 102 valence electrons. The SMILES string of the molecule is CCCS(=O)(=O)N1CCC(N(CC)CC)CC1. The van der Waals surface area contributed by atoms with Crippen LogP contribution < -0.4 is 0 Å². The Morgan fingerprint density at radius 3 is 2.06 bits per heavy atom. The van der Waals surface area contributed by atoms with Gasteiger partial charge in [0.25, 0.3) is 0 Å². The highest BCUT2D eigenvalue weighted by Gasteiger charge is 2.28. The molecular weight excluding hydrogens is 236 g/mol. The van der Waals surface area contributed by atoms with Gasteiger partial charge in [0.05, 0.1) is 5.75 Å². The van der Waals surface area contributed by atoms with Crippen LogP contribution in [-0.2, 0) is 10.0 Å². The van der Waals surface area contributed by atoms with E-state index >= 15 is 0 Å². The minimum Gasteiger partial charge on any atom is -0.301 e. The van der Waals surface area contributed by atoms with Crippen molar-refractivity contribution in [2.45, 2.75) is 46.1 Å². The summed E-state index contributed by atoms with van der Waals surface area (Å²) in [4.78, 5) is 2.43. The summed E-state index contributed by atoms with van der Waals surface area (Å²) in [6.45, 7) is 9.77. The van der Waals surface area contributed by atoms with E-state index in [0.29, 0.717) is 31.3 Å². The molecule has 0 N–H and O–H groups in total. The zero-order valence-corrected chi connectivity index (χ0v) is 12.2. The van der Waals surface area contributed by atoms with Crippen LogP contribution in [-0.4, -0.2) is 55.6 Å². The predicted molar refractivity (Wildman–Crippen MR) is 71.6 cm³/mol. The molecule has 0 bridgehead atoms. The molecule has 1 rings (SSSR count). The van der Waals surface area contributed by atoms with Gasteiger partial charge >= 0.3 is 0 Å². The molecule has 1 saturated heterocycles. The molecule has 0 radical (unpaired) electrons. The van der Waals surface area contributed by atoms with Gasteiger partial charge in [-0.1, -0.05) is 20.8 Å². The Morgan fingerprint density at radius 2 is 1.65 bits per heavy atom. The number of sulfonamides is 1. The second-order valence-corrected chi connectivity index (χ2v) is 6.76. The smallest absolute Gasteiger partial charge is 0.214 e. The first kappa shape index (κ1) is 14.9. The molecule has 17 heavy (non-hydrogen) atoms. The topological polar surface area (TPSA) is 40.6 Å². The van der Waals surface area contributed by atoms with Crippen LogP contribution in [0.25, 0.3) is 0 Å². The van der Waals surface area contributed by atoms with Crippen molar-refractivity contribution in [3.05, 3.63) is 0 Å². The maximum atomic E-state index is 11.9. The maximum Gasteiger partial charge on any atom is 0.214 e. The molecule has 1 aliphatic rings. The summed E-state index contributed by atoms with van der Waals surface area (Å²) in [7, 11) is -2.98. The number of rotatable bonds is 6. The third-order valence-electron chi connectivity index (χ3n) is 3.61. The summed E-state index contributed by atoms with van der Waals surface area (Å²) in [5.74, 6) is 0.295. The van der Waals surface area contributed by atoms with E-state index in [0.717, 1.165) is 25.9 Å². The zero-order valence-electron chi connectivity index (χ0n) is 11.4. The van der Waals surface area contributed by atoms with Crippen LogP contribution in [0.15, 0.2) is 0 Å². The molecule has 5 heteroatoms. The van der Waals surface area contributed by atoms with Gasteiger partial charge in [-0.2, -0.15) is 0 Å². The van der Waals surface area contributed by atoms with E-state index in [1.54, 1.807) is 4.31 Å². The number of hydrogen-bond acceptors (Lipinski definition) is 3. The van der Waals surface area contributed by atoms with E-state index in [1.165, 1.54) is 0 Å². The lowest BCUT2D eigenvalue weighted by atomic mass is 10.1. The molecule has 1 fully saturated rings. The lowest BCUT2D eigenvalue weighted by molar-refractivity contribution is 0.152. The molecule has 4 nitrogen and oxygen atoms in total. The van der Waals surface area contributed by atoms with Crippen molar-refractivity contribution in [1.82, 2.24) is 9.21 Å². The largest absolute Gasteiger partial charge is 0.301 e. The van der Waals surface area contributed by atoms with Crippen molar-refractivity contribution in [2.75, 3.05) is 31.9 Å². The average molecular weight is 262 g/mol. The van der Waals surface area contributed by atoms with Crippen molar-refractivity contribution >= 4 is 10.0 Å². The minimum absolute atomic E-state index is 0.295. The van der Waals surface area contributed by atoms with Crippen molar-refractivity contribution in [3.63, 3.8) is 0 Å². The van der Waals surface area contributed by atoms with Crippen LogP contribution in [0.1, 0.15) is 40.0 Å². The van der Waals surface area contributed by atoms with E-state index < -0.39 is 10.0 Å². The summed E-state index contributed by atoms with van der Waals surface area (Å²) >= 11 is 0. The molecule has 0 aromatic carbocycles. The van der Waals surface area contributed by atoms with Crippen LogP contribution in [0.2, 0.25) is 0 Å². The van der Waals surface area contributed by atoms with E-state index in [9.17, 15) is 8.42 Å². The van der Waals surface area contributed by atoms with Gasteiger partial charge in [0.1, 0.15) is 0 Å². The first-order chi connectivity index (χ1) is 8.05. The van der Waals surface area contributed by atoms with Crippen LogP contribution >= 0.6 is 0 Å². The normalized spacial score (nSPS) is 20.0. The molecule has 0 unspecified atom stereocenters. The average Bonchev–Trinajstić information content (AvgIpc) is 2.31. The lowest BCUT2D eigenvalue weighted by Crippen LogP contribution is -2.47. The van der Waals surface area contributed by atoms with Gasteiger partial charge in [0, 0.05) is 19.1 Å². The Labute approximate surface area is 106 Å². The summed E-state index contributed by atoms with van der Waals surface area (Å²) < 4.78 is 25.5. The molecule has 0 aromatic heterocycles. The molecule has 0 atom stereocenters. The van der Waals surface area contributed by atoms with Gasteiger partial charge in [-0.15, -0.1) is 0 Å². The highest BCUT2D eigenvalue weighted by molar-refractivity contribution is 7.89. The van der Waals surface area contributed by atoms with Crippen LogP contribution in [0.4, 0.5) is 0 Å². The standard InChI is InChI=1S/C12H26N2O2S/c1-4-11-17(15,16)14-9-7-12(8-10-14)13(5-2)6-3/h12H,4-11H2,1-3H3. The molecule has 0 amide bonds. The first-order valence-corrected chi connectivity index (χ1v) is 8.37. The Kier molecular flexibility index (Phi) is 5.89. The maximum absolute atomic E-state index is 11.9. The van der Waals surface area contributed by atoms with Crippen molar-refractivity contribution in [1.29, 1.82) is 0 Å². The number of hydrogen-bond donors (Lipinski definition) is 0. The molecule has 0 saturated carbocycles. The van der Waals surface area contributed by atoms with E-state index in [4.69, 9.17) is 0 Å². The van der Waals surface area contributed by atoms with Crippen LogP contribution in [0.5, 0.6) is 0 Å². The molecule has 1 heterocycles. The van der Waals surface area contributed by atoms with Gasteiger partial charge in [0.2, 0.25) is 10.0 Å². The Bertz CT molecular complexity index is 304. The molecular formula is C12H26N2O2S. The highest BCUT2D eigenvalue weighted by Crippen LogP contribution is 2.19. The van der Waals surface area contributed by atoms with E-state index in [-0.39, 0.29) is 0 Å². The zero-order chi connectivity index (χ0) is 12.9. The summed E-state index contributed by atoms with van der Waals surface area (Å²) in [5.41, 5.74) is 0.